The van der Waals surface area contributed by atoms with E-state index in [1.807, 2.05) is 18.2 Å². The molecule has 0 fully saturated rings. The van der Waals surface area contributed by atoms with Gasteiger partial charge in [-0.3, -0.25) is 14.5 Å². The maximum atomic E-state index is 13.2. The van der Waals surface area contributed by atoms with Crippen molar-refractivity contribution in [3.05, 3.63) is 94.5 Å². The standard InChI is InChI=1S/C22H17BrN2O3/c23-16-10-12-17(13-11-16)24-20(26)14-25-19-9-5-4-8-18(19)22(28,21(25)27)15-6-2-1-3-7-15/h1-13,28H,14H2,(H,24,26)/t22-/m1/s1. The lowest BCUT2D eigenvalue weighted by molar-refractivity contribution is -0.133. The van der Waals surface area contributed by atoms with Crippen molar-refractivity contribution in [2.24, 2.45) is 0 Å². The third-order valence-corrected chi connectivity index (χ3v) is 5.29. The summed E-state index contributed by atoms with van der Waals surface area (Å²) < 4.78 is 0.905. The zero-order chi connectivity index (χ0) is 19.7. The van der Waals surface area contributed by atoms with Crippen molar-refractivity contribution in [3.63, 3.8) is 0 Å². The van der Waals surface area contributed by atoms with Crippen LogP contribution >= 0.6 is 15.9 Å². The zero-order valence-corrected chi connectivity index (χ0v) is 16.4. The van der Waals surface area contributed by atoms with Crippen LogP contribution in [0.2, 0.25) is 0 Å². The van der Waals surface area contributed by atoms with Crippen LogP contribution < -0.4 is 10.2 Å². The summed E-state index contributed by atoms with van der Waals surface area (Å²) in [5.41, 5.74) is 0.303. The van der Waals surface area contributed by atoms with Gasteiger partial charge in [-0.15, -0.1) is 0 Å². The van der Waals surface area contributed by atoms with Gasteiger partial charge >= 0.3 is 0 Å². The maximum Gasteiger partial charge on any atom is 0.268 e. The molecule has 140 valence electrons. The predicted octanol–water partition coefficient (Wildman–Crippen LogP) is 3.67. The SMILES string of the molecule is O=C(CN1C(=O)[C@@](O)(c2ccccc2)c2ccccc21)Nc1ccc(Br)cc1. The van der Waals surface area contributed by atoms with Crippen molar-refractivity contribution < 1.29 is 14.7 Å². The second-order valence-corrected chi connectivity index (χ2v) is 7.46. The van der Waals surface area contributed by atoms with Gasteiger partial charge in [-0.2, -0.15) is 0 Å². The maximum absolute atomic E-state index is 13.2. The highest BCUT2D eigenvalue weighted by atomic mass is 79.9. The molecule has 1 heterocycles. The van der Waals surface area contributed by atoms with E-state index in [0.29, 0.717) is 22.5 Å². The summed E-state index contributed by atoms with van der Waals surface area (Å²) >= 11 is 3.35. The first kappa shape index (κ1) is 18.4. The molecule has 1 aliphatic rings. The molecule has 0 radical (unpaired) electrons. The lowest BCUT2D eigenvalue weighted by atomic mass is 9.88. The fourth-order valence-corrected chi connectivity index (χ4v) is 3.69. The third-order valence-electron chi connectivity index (χ3n) is 4.76. The summed E-state index contributed by atoms with van der Waals surface area (Å²) in [6, 6.07) is 23.0. The minimum absolute atomic E-state index is 0.193. The first-order chi connectivity index (χ1) is 13.5. The summed E-state index contributed by atoms with van der Waals surface area (Å²) in [6.45, 7) is -0.193. The fraction of sp³-hybridized carbons (Fsp3) is 0.0909. The van der Waals surface area contributed by atoms with Crippen LogP contribution in [0.25, 0.3) is 0 Å². The number of nitrogens with zero attached hydrogens (tertiary/aromatic N) is 1. The fourth-order valence-electron chi connectivity index (χ4n) is 3.43. The Morgan fingerprint density at radius 2 is 1.61 bits per heavy atom. The van der Waals surface area contributed by atoms with Gasteiger partial charge in [0, 0.05) is 15.7 Å². The molecule has 0 aliphatic carbocycles. The monoisotopic (exact) mass is 436 g/mol. The number of fused-ring (bicyclic) bond motifs is 1. The van der Waals surface area contributed by atoms with Crippen LogP contribution in [0, 0.1) is 0 Å². The molecule has 0 spiro atoms. The molecule has 1 atom stereocenters. The van der Waals surface area contributed by atoms with Crippen molar-refractivity contribution in [3.8, 4) is 0 Å². The summed E-state index contributed by atoms with van der Waals surface area (Å²) in [5.74, 6) is -0.881. The van der Waals surface area contributed by atoms with E-state index in [9.17, 15) is 14.7 Å². The van der Waals surface area contributed by atoms with E-state index >= 15 is 0 Å². The number of anilines is 2. The Morgan fingerprint density at radius 3 is 2.32 bits per heavy atom. The van der Waals surface area contributed by atoms with Crippen LogP contribution in [0.15, 0.2) is 83.3 Å². The van der Waals surface area contributed by atoms with Gasteiger partial charge in [0.25, 0.3) is 5.91 Å². The van der Waals surface area contributed by atoms with Crippen molar-refractivity contribution in [2.75, 3.05) is 16.8 Å². The average molecular weight is 437 g/mol. The molecule has 0 aromatic heterocycles. The van der Waals surface area contributed by atoms with Crippen LogP contribution in [0.3, 0.4) is 0 Å². The lowest BCUT2D eigenvalue weighted by Crippen LogP contribution is -2.44. The number of hydrogen-bond donors (Lipinski definition) is 2. The van der Waals surface area contributed by atoms with Crippen LogP contribution in [-0.2, 0) is 15.2 Å². The van der Waals surface area contributed by atoms with Crippen molar-refractivity contribution in [1.29, 1.82) is 0 Å². The van der Waals surface area contributed by atoms with E-state index in [0.717, 1.165) is 4.47 Å². The molecule has 2 amide bonds. The minimum atomic E-state index is -1.81. The van der Waals surface area contributed by atoms with Crippen LogP contribution in [0.1, 0.15) is 11.1 Å². The van der Waals surface area contributed by atoms with Gasteiger partial charge in [-0.1, -0.05) is 64.5 Å². The smallest absolute Gasteiger partial charge is 0.268 e. The number of nitrogens with one attached hydrogen (secondary N) is 1. The topological polar surface area (TPSA) is 69.6 Å². The Balaban J connectivity index is 1.64. The molecule has 0 saturated carbocycles. The second-order valence-electron chi connectivity index (χ2n) is 6.54. The van der Waals surface area contributed by atoms with Gasteiger partial charge in [0.05, 0.1) is 5.69 Å². The Morgan fingerprint density at radius 1 is 0.964 bits per heavy atom. The predicted molar refractivity (Wildman–Crippen MR) is 111 cm³/mol. The van der Waals surface area contributed by atoms with Gasteiger partial charge < -0.3 is 10.4 Å². The van der Waals surface area contributed by atoms with Gasteiger partial charge in [0.1, 0.15) is 6.54 Å². The van der Waals surface area contributed by atoms with E-state index < -0.39 is 11.5 Å². The number of rotatable bonds is 4. The first-order valence-corrected chi connectivity index (χ1v) is 9.54. The summed E-state index contributed by atoms with van der Waals surface area (Å²) in [7, 11) is 0. The largest absolute Gasteiger partial charge is 0.372 e. The average Bonchev–Trinajstić information content (AvgIpc) is 2.93. The Kier molecular flexibility index (Phi) is 4.75. The van der Waals surface area contributed by atoms with E-state index in [1.165, 1.54) is 4.90 Å². The van der Waals surface area contributed by atoms with E-state index in [2.05, 4.69) is 21.2 Å². The number of hydrogen-bond acceptors (Lipinski definition) is 3. The molecule has 0 saturated heterocycles. The number of amides is 2. The van der Waals surface area contributed by atoms with Crippen molar-refractivity contribution in [2.45, 2.75) is 5.60 Å². The van der Waals surface area contributed by atoms with Crippen LogP contribution in [-0.4, -0.2) is 23.5 Å². The van der Waals surface area contributed by atoms with Gasteiger partial charge in [-0.25, -0.2) is 0 Å². The van der Waals surface area contributed by atoms with Crippen LogP contribution in [0.5, 0.6) is 0 Å². The number of halogens is 1. The molecule has 2 N–H and O–H groups in total. The highest BCUT2D eigenvalue weighted by molar-refractivity contribution is 9.10. The minimum Gasteiger partial charge on any atom is -0.372 e. The second kappa shape index (κ2) is 7.22. The van der Waals surface area contributed by atoms with E-state index in [4.69, 9.17) is 0 Å². The summed E-state index contributed by atoms with van der Waals surface area (Å²) in [4.78, 5) is 27.1. The van der Waals surface area contributed by atoms with Gasteiger partial charge in [-0.05, 0) is 35.9 Å². The molecule has 4 rings (SSSR count). The molecule has 5 nitrogen and oxygen atoms in total. The van der Waals surface area contributed by atoms with Gasteiger partial charge in [0.15, 0.2) is 5.60 Å². The lowest BCUT2D eigenvalue weighted by Gasteiger charge is -2.23. The van der Waals surface area contributed by atoms with Crippen LogP contribution in [0.4, 0.5) is 11.4 Å². The van der Waals surface area contributed by atoms with E-state index in [-0.39, 0.29) is 12.5 Å². The van der Waals surface area contributed by atoms with Crippen molar-refractivity contribution in [1.82, 2.24) is 0 Å². The van der Waals surface area contributed by atoms with Crippen molar-refractivity contribution >= 4 is 39.1 Å². The number of benzene rings is 3. The highest BCUT2D eigenvalue weighted by Gasteiger charge is 2.51. The highest BCUT2D eigenvalue weighted by Crippen LogP contribution is 2.44. The van der Waals surface area contributed by atoms with Gasteiger partial charge in [0.2, 0.25) is 5.91 Å². The summed E-state index contributed by atoms with van der Waals surface area (Å²) in [5, 5.41) is 14.1. The molecule has 3 aromatic rings. The molecule has 0 unspecified atom stereocenters. The Bertz CT molecular complexity index is 1040. The molecule has 6 heteroatoms. The number of aliphatic hydroxyl groups is 1. The molecular weight excluding hydrogens is 420 g/mol. The molecule has 3 aromatic carbocycles. The summed E-state index contributed by atoms with van der Waals surface area (Å²) in [6.07, 6.45) is 0. The molecule has 1 aliphatic heterocycles. The molecule has 28 heavy (non-hydrogen) atoms. The Hall–Kier alpha value is -2.96. The Labute approximate surface area is 170 Å². The number of carbonyl (C=O) groups is 2. The normalized spacial score (nSPS) is 18.1. The third kappa shape index (κ3) is 3.10. The first-order valence-electron chi connectivity index (χ1n) is 8.75. The van der Waals surface area contributed by atoms with E-state index in [1.54, 1.807) is 60.7 Å². The zero-order valence-electron chi connectivity index (χ0n) is 14.8. The quantitative estimate of drug-likeness (QED) is 0.655. The molecular formula is C22H17BrN2O3. The molecule has 0 bridgehead atoms. The number of para-hydroxylation sites is 1. The number of carbonyl (C=O) groups excluding carboxylic acids is 2.